The predicted molar refractivity (Wildman–Crippen MR) is 88.6 cm³/mol. The number of carbonyl (C=O) groups excluding carboxylic acids is 1. The molecule has 0 radical (unpaired) electrons. The van der Waals surface area contributed by atoms with Crippen molar-refractivity contribution in [1.82, 2.24) is 9.55 Å². The van der Waals surface area contributed by atoms with Crippen LogP contribution in [0, 0.1) is 5.82 Å². The monoisotopic (exact) mass is 325 g/mol. The molecule has 2 aromatic carbocycles. The Morgan fingerprint density at radius 1 is 1.17 bits per heavy atom. The molecule has 0 saturated carbocycles. The van der Waals surface area contributed by atoms with Gasteiger partial charge in [-0.25, -0.2) is 9.37 Å². The number of aryl methyl sites for hydroxylation is 1. The first-order chi connectivity index (χ1) is 11.6. The molecule has 0 spiro atoms. The van der Waals surface area contributed by atoms with E-state index in [1.54, 1.807) is 54.3 Å². The first-order valence-electron chi connectivity index (χ1n) is 7.37. The quantitative estimate of drug-likeness (QED) is 0.775. The van der Waals surface area contributed by atoms with Crippen molar-refractivity contribution in [3.63, 3.8) is 0 Å². The van der Waals surface area contributed by atoms with Crippen LogP contribution in [0.1, 0.15) is 11.7 Å². The topological polar surface area (TPSA) is 67.2 Å². The Morgan fingerprint density at radius 2 is 1.83 bits per heavy atom. The van der Waals surface area contributed by atoms with Gasteiger partial charge in [0.2, 0.25) is 0 Å². The fourth-order valence-corrected chi connectivity index (χ4v) is 2.37. The fraction of sp³-hybridized carbons (Fsp3) is 0.111. The third-order valence-corrected chi connectivity index (χ3v) is 3.66. The number of imidazole rings is 1. The minimum atomic E-state index is -1.29. The number of aromatic nitrogens is 2. The molecule has 0 aliphatic heterocycles. The molecule has 0 aliphatic rings. The predicted octanol–water partition coefficient (Wildman–Crippen LogP) is 2.90. The van der Waals surface area contributed by atoms with Crippen LogP contribution in [0.25, 0.3) is 11.3 Å². The van der Waals surface area contributed by atoms with Crippen LogP contribution < -0.4 is 5.32 Å². The number of halogens is 1. The Balaban J connectivity index is 1.86. The van der Waals surface area contributed by atoms with Gasteiger partial charge in [-0.1, -0.05) is 30.3 Å². The van der Waals surface area contributed by atoms with E-state index in [0.717, 1.165) is 0 Å². The lowest BCUT2D eigenvalue weighted by Crippen LogP contribution is -2.22. The number of carbonyl (C=O) groups is 1. The lowest BCUT2D eigenvalue weighted by Gasteiger charge is -2.13. The van der Waals surface area contributed by atoms with Crippen LogP contribution in [0.15, 0.2) is 60.9 Å². The van der Waals surface area contributed by atoms with Gasteiger partial charge in [0.05, 0.1) is 6.33 Å². The van der Waals surface area contributed by atoms with Crippen LogP contribution in [0.4, 0.5) is 10.2 Å². The second-order valence-corrected chi connectivity index (χ2v) is 5.36. The van der Waals surface area contributed by atoms with Crippen LogP contribution in [-0.2, 0) is 11.8 Å². The highest BCUT2D eigenvalue weighted by Gasteiger charge is 2.20. The summed E-state index contributed by atoms with van der Waals surface area (Å²) in [5, 5.41) is 12.9. The van der Waals surface area contributed by atoms with E-state index < -0.39 is 12.0 Å². The number of aliphatic hydroxyl groups excluding tert-OH is 1. The lowest BCUT2D eigenvalue weighted by molar-refractivity contribution is -0.124. The van der Waals surface area contributed by atoms with Gasteiger partial charge in [-0.15, -0.1) is 0 Å². The number of anilines is 1. The average molecular weight is 325 g/mol. The fourth-order valence-electron chi connectivity index (χ4n) is 2.37. The first kappa shape index (κ1) is 15.9. The zero-order valence-electron chi connectivity index (χ0n) is 13.0. The second-order valence-electron chi connectivity index (χ2n) is 5.36. The lowest BCUT2D eigenvalue weighted by atomic mass is 10.1. The van der Waals surface area contributed by atoms with Gasteiger partial charge in [-0.05, 0) is 29.8 Å². The minimum Gasteiger partial charge on any atom is -0.378 e. The van der Waals surface area contributed by atoms with Gasteiger partial charge in [-0.2, -0.15) is 0 Å². The van der Waals surface area contributed by atoms with E-state index in [1.165, 1.54) is 12.1 Å². The van der Waals surface area contributed by atoms with Gasteiger partial charge in [-0.3, -0.25) is 4.79 Å². The molecule has 24 heavy (non-hydrogen) atoms. The van der Waals surface area contributed by atoms with Crippen molar-refractivity contribution in [2.45, 2.75) is 6.10 Å². The number of rotatable bonds is 4. The molecule has 6 heteroatoms. The maximum Gasteiger partial charge on any atom is 0.259 e. The van der Waals surface area contributed by atoms with Crippen LogP contribution in [0.5, 0.6) is 0 Å². The largest absolute Gasteiger partial charge is 0.378 e. The number of hydrogen-bond acceptors (Lipinski definition) is 3. The number of amides is 1. The van der Waals surface area contributed by atoms with Gasteiger partial charge < -0.3 is 15.0 Å². The molecule has 1 heterocycles. The van der Waals surface area contributed by atoms with Gasteiger partial charge in [0.1, 0.15) is 17.3 Å². The number of aliphatic hydroxyl groups is 1. The molecular formula is C18H16FN3O2. The summed E-state index contributed by atoms with van der Waals surface area (Å²) in [6.07, 6.45) is 0.255. The Hall–Kier alpha value is -2.99. The molecule has 1 aromatic heterocycles. The summed E-state index contributed by atoms with van der Waals surface area (Å²) in [6.45, 7) is 0. The summed E-state index contributed by atoms with van der Waals surface area (Å²) in [5.41, 5.74) is 1.67. The number of nitrogens with zero attached hydrogens (tertiary/aromatic N) is 2. The van der Waals surface area contributed by atoms with Gasteiger partial charge >= 0.3 is 0 Å². The summed E-state index contributed by atoms with van der Waals surface area (Å²) < 4.78 is 14.7. The van der Waals surface area contributed by atoms with Crippen LogP contribution in [0.3, 0.4) is 0 Å². The second kappa shape index (κ2) is 6.64. The van der Waals surface area contributed by atoms with Crippen LogP contribution in [-0.4, -0.2) is 20.6 Å². The molecule has 3 rings (SSSR count). The van der Waals surface area contributed by atoms with Crippen molar-refractivity contribution in [2.75, 3.05) is 5.32 Å². The van der Waals surface area contributed by atoms with Crippen molar-refractivity contribution in [1.29, 1.82) is 0 Å². The minimum absolute atomic E-state index is 0.347. The van der Waals surface area contributed by atoms with E-state index in [2.05, 4.69) is 10.3 Å². The third kappa shape index (κ3) is 3.18. The van der Waals surface area contributed by atoms with E-state index >= 15 is 0 Å². The molecule has 0 fully saturated rings. The highest BCUT2D eigenvalue weighted by atomic mass is 19.1. The van der Waals surface area contributed by atoms with E-state index in [0.29, 0.717) is 22.6 Å². The molecule has 2 N–H and O–H groups in total. The van der Waals surface area contributed by atoms with Gasteiger partial charge in [0, 0.05) is 12.6 Å². The molecule has 0 bridgehead atoms. The molecule has 3 aromatic rings. The molecule has 1 unspecified atom stereocenters. The van der Waals surface area contributed by atoms with E-state index in [1.807, 2.05) is 6.07 Å². The normalized spacial score (nSPS) is 12.0. The van der Waals surface area contributed by atoms with Crippen molar-refractivity contribution in [3.05, 3.63) is 72.3 Å². The molecular weight excluding hydrogens is 309 g/mol. The SMILES string of the molecule is Cn1cnc(-c2ccc(F)cc2)c1NC(=O)C(O)c1ccccc1. The van der Waals surface area contributed by atoms with Crippen molar-refractivity contribution in [3.8, 4) is 11.3 Å². The summed E-state index contributed by atoms with van der Waals surface area (Å²) >= 11 is 0. The molecule has 0 aliphatic carbocycles. The van der Waals surface area contributed by atoms with Crippen molar-refractivity contribution in [2.24, 2.45) is 7.05 Å². The highest BCUT2D eigenvalue weighted by Crippen LogP contribution is 2.27. The van der Waals surface area contributed by atoms with Crippen LogP contribution >= 0.6 is 0 Å². The Bertz CT molecular complexity index is 844. The van der Waals surface area contributed by atoms with Crippen LogP contribution in [0.2, 0.25) is 0 Å². The first-order valence-corrected chi connectivity index (χ1v) is 7.37. The van der Waals surface area contributed by atoms with Crippen molar-refractivity contribution < 1.29 is 14.3 Å². The number of benzene rings is 2. The summed E-state index contributed by atoms with van der Waals surface area (Å²) in [7, 11) is 1.73. The van der Waals surface area contributed by atoms with Crippen molar-refractivity contribution >= 4 is 11.7 Å². The molecule has 0 saturated heterocycles. The Labute approximate surface area is 138 Å². The van der Waals surface area contributed by atoms with Gasteiger partial charge in [0.15, 0.2) is 6.10 Å². The van der Waals surface area contributed by atoms with E-state index in [9.17, 15) is 14.3 Å². The van der Waals surface area contributed by atoms with E-state index in [4.69, 9.17) is 0 Å². The maximum atomic E-state index is 13.1. The standard InChI is InChI=1S/C18H16FN3O2/c1-22-11-20-15(12-7-9-14(19)10-8-12)17(22)21-18(24)16(23)13-5-3-2-4-6-13/h2-11,16,23H,1H3,(H,21,24). The zero-order valence-corrected chi connectivity index (χ0v) is 13.0. The van der Waals surface area contributed by atoms with E-state index in [-0.39, 0.29) is 5.82 Å². The number of hydrogen-bond donors (Lipinski definition) is 2. The smallest absolute Gasteiger partial charge is 0.259 e. The molecule has 122 valence electrons. The number of nitrogens with one attached hydrogen (secondary N) is 1. The summed E-state index contributed by atoms with van der Waals surface area (Å²) in [5.74, 6) is -0.477. The Kier molecular flexibility index (Phi) is 4.39. The molecule has 1 atom stereocenters. The molecule has 1 amide bonds. The van der Waals surface area contributed by atoms with Gasteiger partial charge in [0.25, 0.3) is 5.91 Å². The highest BCUT2D eigenvalue weighted by molar-refractivity contribution is 5.96. The Morgan fingerprint density at radius 3 is 2.50 bits per heavy atom. The summed E-state index contributed by atoms with van der Waals surface area (Å²) in [6, 6.07) is 14.5. The zero-order chi connectivity index (χ0) is 17.1. The summed E-state index contributed by atoms with van der Waals surface area (Å²) in [4.78, 5) is 16.6. The molecule has 5 nitrogen and oxygen atoms in total. The third-order valence-electron chi connectivity index (χ3n) is 3.66. The maximum absolute atomic E-state index is 13.1. The average Bonchev–Trinajstić information content (AvgIpc) is 2.96.